The highest BCUT2D eigenvalue weighted by atomic mass is 79.9. The molecule has 0 spiro atoms. The minimum atomic E-state index is -0.279. The lowest BCUT2D eigenvalue weighted by atomic mass is 10.2. The van der Waals surface area contributed by atoms with Crippen LogP contribution >= 0.6 is 27.5 Å². The van der Waals surface area contributed by atoms with Gasteiger partial charge in [0.2, 0.25) is 5.82 Å². The lowest BCUT2D eigenvalue weighted by Gasteiger charge is -2.11. The average Bonchev–Trinajstić information content (AvgIpc) is 3.43. The van der Waals surface area contributed by atoms with Crippen molar-refractivity contribution < 1.29 is 4.42 Å². The number of aryl methyl sites for hydroxylation is 1. The molecule has 0 unspecified atom stereocenters. The largest absolute Gasteiger partial charge is 0.453 e. The Morgan fingerprint density at radius 2 is 1.78 bits per heavy atom. The Morgan fingerprint density at radius 1 is 1.00 bits per heavy atom. The third-order valence-electron chi connectivity index (χ3n) is 6.33. The van der Waals surface area contributed by atoms with Crippen molar-refractivity contribution in [3.8, 4) is 17.3 Å². The second-order valence-corrected chi connectivity index (χ2v) is 10.0. The van der Waals surface area contributed by atoms with Crippen LogP contribution in [0.1, 0.15) is 17.0 Å². The van der Waals surface area contributed by atoms with Crippen molar-refractivity contribution in [2.24, 2.45) is 5.10 Å². The molecule has 0 fully saturated rings. The fraction of sp³-hybridized carbons (Fsp3) is 0.0690. The van der Waals surface area contributed by atoms with Crippen LogP contribution in [0.5, 0.6) is 0 Å². The van der Waals surface area contributed by atoms with E-state index in [9.17, 15) is 4.79 Å². The van der Waals surface area contributed by atoms with Gasteiger partial charge in [0.1, 0.15) is 5.58 Å². The molecule has 182 valence electrons. The van der Waals surface area contributed by atoms with Crippen LogP contribution in [0.15, 0.2) is 97.6 Å². The van der Waals surface area contributed by atoms with E-state index in [4.69, 9.17) is 21.0 Å². The molecule has 0 aliphatic heterocycles. The molecular formula is C29H20BrClN4O2. The zero-order valence-electron chi connectivity index (χ0n) is 19.9. The van der Waals surface area contributed by atoms with Gasteiger partial charge in [-0.15, -0.1) is 0 Å². The van der Waals surface area contributed by atoms with Crippen LogP contribution in [0.2, 0.25) is 5.02 Å². The third-order valence-corrected chi connectivity index (χ3v) is 7.14. The fourth-order valence-corrected chi connectivity index (χ4v) is 5.16. The molecule has 0 saturated heterocycles. The Kier molecular flexibility index (Phi) is 5.82. The van der Waals surface area contributed by atoms with Gasteiger partial charge in [0.25, 0.3) is 5.56 Å². The van der Waals surface area contributed by atoms with Gasteiger partial charge in [-0.1, -0.05) is 51.8 Å². The topological polar surface area (TPSA) is 65.3 Å². The molecule has 6 nitrogen and oxygen atoms in total. The summed E-state index contributed by atoms with van der Waals surface area (Å²) in [5.41, 5.74) is 4.69. The fourth-order valence-electron chi connectivity index (χ4n) is 4.56. The average molecular weight is 572 g/mol. The summed E-state index contributed by atoms with van der Waals surface area (Å²) in [4.78, 5) is 18.3. The molecule has 0 N–H and O–H groups in total. The molecule has 3 heterocycles. The maximum atomic E-state index is 13.6. The van der Waals surface area contributed by atoms with E-state index < -0.39 is 0 Å². The molecule has 0 bridgehead atoms. The Labute approximate surface area is 225 Å². The second-order valence-electron chi connectivity index (χ2n) is 8.72. The molecule has 3 aromatic heterocycles. The van der Waals surface area contributed by atoms with Gasteiger partial charge in [0.05, 0.1) is 27.8 Å². The zero-order valence-corrected chi connectivity index (χ0v) is 22.3. The van der Waals surface area contributed by atoms with Crippen molar-refractivity contribution in [3.05, 3.63) is 116 Å². The Hall–Kier alpha value is -3.94. The molecule has 3 aromatic carbocycles. The summed E-state index contributed by atoms with van der Waals surface area (Å²) in [7, 11) is 0. The van der Waals surface area contributed by atoms with E-state index in [0.29, 0.717) is 33.1 Å². The van der Waals surface area contributed by atoms with Crippen LogP contribution < -0.4 is 5.56 Å². The van der Waals surface area contributed by atoms with Crippen molar-refractivity contribution in [2.45, 2.75) is 13.8 Å². The number of furan rings is 1. The number of aromatic nitrogens is 3. The number of fused-ring (bicyclic) bond motifs is 2. The highest BCUT2D eigenvalue weighted by Gasteiger charge is 2.17. The minimum Gasteiger partial charge on any atom is -0.453 e. The van der Waals surface area contributed by atoms with Crippen LogP contribution in [-0.4, -0.2) is 20.4 Å². The first kappa shape index (κ1) is 23.5. The van der Waals surface area contributed by atoms with Crippen molar-refractivity contribution in [3.63, 3.8) is 0 Å². The molecular weight excluding hydrogens is 552 g/mol. The number of benzene rings is 3. The summed E-state index contributed by atoms with van der Waals surface area (Å²) in [6.07, 6.45) is 1.68. The molecule has 8 heteroatoms. The van der Waals surface area contributed by atoms with Crippen molar-refractivity contribution in [1.82, 2.24) is 14.2 Å². The molecule has 0 atom stereocenters. The van der Waals surface area contributed by atoms with Crippen LogP contribution in [-0.2, 0) is 0 Å². The molecule has 0 aliphatic carbocycles. The number of nitrogens with zero attached hydrogens (tertiary/aromatic N) is 4. The van der Waals surface area contributed by atoms with E-state index in [1.807, 2.05) is 86.6 Å². The van der Waals surface area contributed by atoms with Gasteiger partial charge >= 0.3 is 0 Å². The van der Waals surface area contributed by atoms with E-state index in [-0.39, 0.29) is 5.56 Å². The highest BCUT2D eigenvalue weighted by Crippen LogP contribution is 2.30. The molecule has 0 radical (unpaired) electrons. The summed E-state index contributed by atoms with van der Waals surface area (Å²) in [6.45, 7) is 4.01. The minimum absolute atomic E-state index is 0.279. The highest BCUT2D eigenvalue weighted by molar-refractivity contribution is 9.10. The van der Waals surface area contributed by atoms with Crippen LogP contribution in [0.4, 0.5) is 0 Å². The van der Waals surface area contributed by atoms with Crippen LogP contribution in [0.3, 0.4) is 0 Å². The smallest absolute Gasteiger partial charge is 0.282 e. The Bertz CT molecular complexity index is 1920. The summed E-state index contributed by atoms with van der Waals surface area (Å²) in [6, 6.07) is 24.5. The molecule has 0 aliphatic rings. The Morgan fingerprint density at radius 3 is 2.62 bits per heavy atom. The normalized spacial score (nSPS) is 11.8. The number of halogens is 2. The first-order chi connectivity index (χ1) is 17.9. The lowest BCUT2D eigenvalue weighted by Crippen LogP contribution is -2.20. The quantitative estimate of drug-likeness (QED) is 0.206. The summed E-state index contributed by atoms with van der Waals surface area (Å²) < 4.78 is 10.4. The van der Waals surface area contributed by atoms with Crippen molar-refractivity contribution >= 4 is 55.6 Å². The predicted molar refractivity (Wildman–Crippen MR) is 152 cm³/mol. The maximum absolute atomic E-state index is 13.6. The van der Waals surface area contributed by atoms with E-state index >= 15 is 0 Å². The van der Waals surface area contributed by atoms with Gasteiger partial charge in [-0.25, -0.2) is 4.98 Å². The maximum Gasteiger partial charge on any atom is 0.282 e. The number of hydrogen-bond acceptors (Lipinski definition) is 4. The Balaban J connectivity index is 1.53. The number of rotatable bonds is 4. The monoisotopic (exact) mass is 570 g/mol. The second kappa shape index (κ2) is 9.18. The van der Waals surface area contributed by atoms with Gasteiger partial charge in [0, 0.05) is 26.8 Å². The molecule has 6 aromatic rings. The van der Waals surface area contributed by atoms with Crippen LogP contribution in [0.25, 0.3) is 39.1 Å². The zero-order chi connectivity index (χ0) is 25.7. The summed E-state index contributed by atoms with van der Waals surface area (Å²) in [5, 5.41) is 6.65. The summed E-state index contributed by atoms with van der Waals surface area (Å²) in [5.74, 6) is 0.779. The standard InChI is InChI=1S/C29H20BrClN4O2/c1-17-13-20(18(2)34(17)25-10-6-4-8-23(25)31)16-32-35-28(33-24-9-5-3-7-22(24)29(35)36)27-15-19-14-21(30)11-12-26(19)37-27/h3-16H,1-2H3. The van der Waals surface area contributed by atoms with Gasteiger partial charge in [0.15, 0.2) is 5.76 Å². The predicted octanol–water partition coefficient (Wildman–Crippen LogP) is 7.52. The number of hydrogen-bond donors (Lipinski definition) is 0. The van der Waals surface area contributed by atoms with Crippen molar-refractivity contribution in [1.29, 1.82) is 0 Å². The van der Waals surface area contributed by atoms with Gasteiger partial charge in [-0.3, -0.25) is 4.79 Å². The molecule has 0 amide bonds. The first-order valence-corrected chi connectivity index (χ1v) is 12.8. The van der Waals surface area contributed by atoms with E-state index in [0.717, 1.165) is 32.5 Å². The van der Waals surface area contributed by atoms with Gasteiger partial charge < -0.3 is 8.98 Å². The van der Waals surface area contributed by atoms with E-state index in [2.05, 4.69) is 25.6 Å². The molecule has 6 rings (SSSR count). The first-order valence-electron chi connectivity index (χ1n) is 11.6. The summed E-state index contributed by atoms with van der Waals surface area (Å²) >= 11 is 9.97. The third kappa shape index (κ3) is 4.10. The molecule has 37 heavy (non-hydrogen) atoms. The lowest BCUT2D eigenvalue weighted by molar-refractivity contribution is 0.616. The van der Waals surface area contributed by atoms with Crippen LogP contribution in [0, 0.1) is 13.8 Å². The number of para-hydroxylation sites is 2. The SMILES string of the molecule is Cc1cc(C=Nn2c(-c3cc4cc(Br)ccc4o3)nc3ccccc3c2=O)c(C)n1-c1ccccc1Cl. The van der Waals surface area contributed by atoms with Crippen molar-refractivity contribution in [2.75, 3.05) is 0 Å². The van der Waals surface area contributed by atoms with E-state index in [1.165, 1.54) is 4.68 Å². The van der Waals surface area contributed by atoms with Gasteiger partial charge in [-0.05, 0) is 68.4 Å². The molecule has 0 saturated carbocycles. The van der Waals surface area contributed by atoms with Gasteiger partial charge in [-0.2, -0.15) is 9.78 Å². The van der Waals surface area contributed by atoms with E-state index in [1.54, 1.807) is 12.3 Å².